The van der Waals surface area contributed by atoms with Crippen LogP contribution in [0.4, 0.5) is 0 Å². The molecule has 0 aliphatic heterocycles. The van der Waals surface area contributed by atoms with E-state index in [9.17, 15) is 4.79 Å². The number of pyridine rings is 1. The Balaban J connectivity index is 2.07. The second-order valence-electron chi connectivity index (χ2n) is 4.59. The van der Waals surface area contributed by atoms with Crippen LogP contribution in [-0.4, -0.2) is 30.2 Å². The maximum Gasteiger partial charge on any atom is 0.339 e. The van der Waals surface area contributed by atoms with Gasteiger partial charge in [0.25, 0.3) is 0 Å². The topological polar surface area (TPSA) is 74.4 Å². The number of nitrogens with two attached hydrogens (primary N) is 1. The molecule has 0 saturated heterocycles. The van der Waals surface area contributed by atoms with E-state index in [-0.39, 0.29) is 18.1 Å². The lowest BCUT2D eigenvalue weighted by Crippen LogP contribution is -2.19. The minimum Gasteiger partial charge on any atom is -0.474 e. The van der Waals surface area contributed by atoms with Crippen molar-refractivity contribution in [1.82, 2.24) is 4.98 Å². The highest BCUT2D eigenvalue weighted by molar-refractivity contribution is 5.90. The van der Waals surface area contributed by atoms with Crippen LogP contribution >= 0.6 is 0 Å². The van der Waals surface area contributed by atoms with Crippen molar-refractivity contribution in [2.45, 2.75) is 38.3 Å². The number of aromatic nitrogens is 1. The monoisotopic (exact) mass is 250 g/mol. The van der Waals surface area contributed by atoms with Crippen LogP contribution in [0, 0.1) is 6.92 Å². The zero-order chi connectivity index (χ0) is 13.1. The number of nitrogens with zero attached hydrogens (tertiary/aromatic N) is 1. The molecule has 0 aromatic carbocycles. The van der Waals surface area contributed by atoms with Crippen LogP contribution in [-0.2, 0) is 4.74 Å². The van der Waals surface area contributed by atoms with Gasteiger partial charge in [-0.1, -0.05) is 0 Å². The van der Waals surface area contributed by atoms with Gasteiger partial charge in [-0.25, -0.2) is 9.78 Å². The van der Waals surface area contributed by atoms with Crippen LogP contribution in [0.3, 0.4) is 0 Å². The van der Waals surface area contributed by atoms with Crippen molar-refractivity contribution in [3.63, 3.8) is 0 Å². The molecule has 2 atom stereocenters. The van der Waals surface area contributed by atoms with Gasteiger partial charge in [-0.05, 0) is 32.3 Å². The molecule has 1 aliphatic rings. The zero-order valence-corrected chi connectivity index (χ0v) is 10.7. The molecule has 0 radical (unpaired) electrons. The summed E-state index contributed by atoms with van der Waals surface area (Å²) in [7, 11) is 1.35. The van der Waals surface area contributed by atoms with E-state index < -0.39 is 0 Å². The maximum atomic E-state index is 11.4. The smallest absolute Gasteiger partial charge is 0.339 e. The molecule has 1 saturated carbocycles. The van der Waals surface area contributed by atoms with Crippen molar-refractivity contribution in [3.05, 3.63) is 23.4 Å². The zero-order valence-electron chi connectivity index (χ0n) is 10.7. The van der Waals surface area contributed by atoms with Crippen molar-refractivity contribution in [2.24, 2.45) is 5.73 Å². The van der Waals surface area contributed by atoms with Crippen LogP contribution in [0.2, 0.25) is 0 Å². The summed E-state index contributed by atoms with van der Waals surface area (Å²) in [5.74, 6) is 0.161. The Labute approximate surface area is 106 Å². The molecule has 98 valence electrons. The van der Waals surface area contributed by atoms with Crippen LogP contribution in [0.15, 0.2) is 12.1 Å². The molecule has 0 spiro atoms. The Morgan fingerprint density at radius 2 is 2.22 bits per heavy atom. The highest BCUT2D eigenvalue weighted by Gasteiger charge is 2.23. The number of hydrogen-bond acceptors (Lipinski definition) is 5. The molecule has 18 heavy (non-hydrogen) atoms. The van der Waals surface area contributed by atoms with E-state index in [1.165, 1.54) is 7.11 Å². The minimum atomic E-state index is -0.380. The van der Waals surface area contributed by atoms with Gasteiger partial charge in [-0.2, -0.15) is 0 Å². The fraction of sp³-hybridized carbons (Fsp3) is 0.538. The van der Waals surface area contributed by atoms with Crippen LogP contribution in [0.25, 0.3) is 0 Å². The summed E-state index contributed by atoms with van der Waals surface area (Å²) in [5.41, 5.74) is 6.91. The Bertz CT molecular complexity index is 448. The van der Waals surface area contributed by atoms with Gasteiger partial charge < -0.3 is 15.2 Å². The molecule has 0 amide bonds. The second-order valence-corrected chi connectivity index (χ2v) is 4.59. The molecule has 0 bridgehead atoms. The van der Waals surface area contributed by atoms with Gasteiger partial charge in [0.05, 0.1) is 18.4 Å². The third-order valence-corrected chi connectivity index (χ3v) is 3.18. The molecule has 1 aliphatic carbocycles. The van der Waals surface area contributed by atoms with E-state index in [0.29, 0.717) is 17.1 Å². The van der Waals surface area contributed by atoms with E-state index in [4.69, 9.17) is 10.5 Å². The number of hydrogen-bond donors (Lipinski definition) is 1. The van der Waals surface area contributed by atoms with Crippen LogP contribution in [0.5, 0.6) is 5.88 Å². The summed E-state index contributed by atoms with van der Waals surface area (Å²) >= 11 is 0. The van der Waals surface area contributed by atoms with E-state index in [0.717, 1.165) is 19.3 Å². The van der Waals surface area contributed by atoms with Crippen LogP contribution in [0.1, 0.15) is 35.3 Å². The van der Waals surface area contributed by atoms with Crippen molar-refractivity contribution < 1.29 is 14.3 Å². The number of carbonyl (C=O) groups excluding carboxylic acids is 1. The molecule has 5 heteroatoms. The molecule has 2 rings (SSSR count). The molecule has 2 unspecified atom stereocenters. The molecular weight excluding hydrogens is 232 g/mol. The van der Waals surface area contributed by atoms with Gasteiger partial charge in [-0.15, -0.1) is 0 Å². The van der Waals surface area contributed by atoms with Gasteiger partial charge in [0.15, 0.2) is 0 Å². The number of aryl methyl sites for hydroxylation is 1. The molecule has 1 aromatic heterocycles. The Morgan fingerprint density at radius 1 is 1.44 bits per heavy atom. The quantitative estimate of drug-likeness (QED) is 0.821. The first kappa shape index (κ1) is 12.8. The molecule has 2 N–H and O–H groups in total. The van der Waals surface area contributed by atoms with Crippen molar-refractivity contribution in [2.75, 3.05) is 7.11 Å². The number of carbonyl (C=O) groups is 1. The second kappa shape index (κ2) is 5.35. The summed E-state index contributed by atoms with van der Waals surface area (Å²) in [6.45, 7) is 1.76. The number of ether oxygens (including phenoxy) is 2. The molecule has 5 nitrogen and oxygen atoms in total. The SMILES string of the molecule is COC(=O)c1ccc(OC2CCC(N)C2)nc1C. The summed E-state index contributed by atoms with van der Waals surface area (Å²) in [4.78, 5) is 15.7. The van der Waals surface area contributed by atoms with Crippen LogP contribution < -0.4 is 10.5 Å². The van der Waals surface area contributed by atoms with E-state index in [1.807, 2.05) is 0 Å². The highest BCUT2D eigenvalue weighted by atomic mass is 16.5. The summed E-state index contributed by atoms with van der Waals surface area (Å²) in [5, 5.41) is 0. The fourth-order valence-electron chi connectivity index (χ4n) is 2.18. The first-order valence-corrected chi connectivity index (χ1v) is 6.08. The standard InChI is InChI=1S/C13H18N2O3/c1-8-11(13(16)17-2)5-6-12(15-8)18-10-4-3-9(14)7-10/h5-6,9-10H,3-4,7,14H2,1-2H3. The molecular formula is C13H18N2O3. The van der Waals surface area contributed by atoms with Gasteiger partial charge in [0.2, 0.25) is 5.88 Å². The molecule has 1 heterocycles. The number of esters is 1. The van der Waals surface area contributed by atoms with E-state index >= 15 is 0 Å². The Hall–Kier alpha value is -1.62. The summed E-state index contributed by atoms with van der Waals surface area (Å²) in [6, 6.07) is 3.60. The van der Waals surface area contributed by atoms with Crippen molar-refractivity contribution in [1.29, 1.82) is 0 Å². The van der Waals surface area contributed by atoms with Crippen molar-refractivity contribution in [3.8, 4) is 5.88 Å². The largest absolute Gasteiger partial charge is 0.474 e. The lowest BCUT2D eigenvalue weighted by Gasteiger charge is -2.13. The number of methoxy groups -OCH3 is 1. The minimum absolute atomic E-state index is 0.135. The third-order valence-electron chi connectivity index (χ3n) is 3.18. The van der Waals surface area contributed by atoms with Gasteiger partial charge >= 0.3 is 5.97 Å². The van der Waals surface area contributed by atoms with Crippen molar-refractivity contribution >= 4 is 5.97 Å². The van der Waals surface area contributed by atoms with E-state index in [2.05, 4.69) is 9.72 Å². The lowest BCUT2D eigenvalue weighted by atomic mass is 10.2. The fourth-order valence-corrected chi connectivity index (χ4v) is 2.18. The Kier molecular flexibility index (Phi) is 3.81. The average Bonchev–Trinajstić information content (AvgIpc) is 2.74. The Morgan fingerprint density at radius 3 is 2.78 bits per heavy atom. The first-order valence-electron chi connectivity index (χ1n) is 6.08. The predicted octanol–water partition coefficient (Wildman–Crippen LogP) is 1.44. The first-order chi connectivity index (χ1) is 8.60. The highest BCUT2D eigenvalue weighted by Crippen LogP contribution is 2.23. The van der Waals surface area contributed by atoms with Gasteiger partial charge in [0, 0.05) is 12.1 Å². The normalized spacial score (nSPS) is 22.8. The maximum absolute atomic E-state index is 11.4. The summed E-state index contributed by atoms with van der Waals surface area (Å²) in [6.07, 6.45) is 2.94. The predicted molar refractivity (Wildman–Crippen MR) is 66.6 cm³/mol. The summed E-state index contributed by atoms with van der Waals surface area (Å²) < 4.78 is 10.4. The average molecular weight is 250 g/mol. The van der Waals surface area contributed by atoms with Gasteiger partial charge in [-0.3, -0.25) is 0 Å². The van der Waals surface area contributed by atoms with E-state index in [1.54, 1.807) is 19.1 Å². The molecule has 1 fully saturated rings. The third kappa shape index (κ3) is 2.79. The number of rotatable bonds is 3. The lowest BCUT2D eigenvalue weighted by molar-refractivity contribution is 0.0599. The van der Waals surface area contributed by atoms with Gasteiger partial charge in [0.1, 0.15) is 6.10 Å². The molecule has 1 aromatic rings.